The second-order valence-corrected chi connectivity index (χ2v) is 12.1. The molecular weight excluding hydrogens is 326 g/mol. The molecule has 1 nitrogen and oxygen atoms in total. The van der Waals surface area contributed by atoms with E-state index in [-0.39, 0.29) is 16.4 Å². The predicted octanol–water partition coefficient (Wildman–Crippen LogP) is 6.55. The Bertz CT molecular complexity index is 629. The summed E-state index contributed by atoms with van der Waals surface area (Å²) < 4.78 is 0. The van der Waals surface area contributed by atoms with Crippen LogP contribution in [0.15, 0.2) is 47.6 Å². The van der Waals surface area contributed by atoms with Crippen LogP contribution in [0.2, 0.25) is 0 Å². The van der Waals surface area contributed by atoms with Gasteiger partial charge < -0.3 is 5.32 Å². The number of rotatable bonds is 2. The molecule has 3 aliphatic carbocycles. The summed E-state index contributed by atoms with van der Waals surface area (Å²) in [6, 6.07) is 0. The van der Waals surface area contributed by atoms with Crippen LogP contribution < -0.4 is 5.32 Å². The van der Waals surface area contributed by atoms with Gasteiger partial charge in [-0.3, -0.25) is 0 Å². The highest BCUT2D eigenvalue weighted by Gasteiger charge is 2.49. The van der Waals surface area contributed by atoms with Crippen molar-refractivity contribution in [1.82, 2.24) is 5.32 Å². The van der Waals surface area contributed by atoms with E-state index in [0.29, 0.717) is 29.6 Å². The van der Waals surface area contributed by atoms with E-state index in [2.05, 4.69) is 104 Å². The van der Waals surface area contributed by atoms with Crippen LogP contribution >= 0.6 is 0 Å². The van der Waals surface area contributed by atoms with E-state index in [0.717, 1.165) is 6.54 Å². The van der Waals surface area contributed by atoms with Crippen LogP contribution in [-0.2, 0) is 0 Å². The second-order valence-electron chi connectivity index (χ2n) is 12.1. The standard InChI is InChI=1S/C26H41N/c1-24(2,3)17-10-12-19-21(14-17)22-15-18(25(4,5)6)11-13-20(22)23(19)16-27-26(7,8)9/h10-15,19-23,27H,16H2,1-9H3. The van der Waals surface area contributed by atoms with E-state index in [1.165, 1.54) is 11.1 Å². The normalized spacial score (nSPS) is 33.4. The summed E-state index contributed by atoms with van der Waals surface area (Å²) in [6.07, 6.45) is 15.2. The first-order valence-electron chi connectivity index (χ1n) is 10.8. The molecule has 1 fully saturated rings. The minimum Gasteiger partial charge on any atom is -0.312 e. The Morgan fingerprint density at radius 1 is 0.667 bits per heavy atom. The van der Waals surface area contributed by atoms with Crippen molar-refractivity contribution in [2.75, 3.05) is 6.54 Å². The molecule has 1 heteroatoms. The molecular formula is C26H41N. The Kier molecular flexibility index (Phi) is 5.17. The summed E-state index contributed by atoms with van der Waals surface area (Å²) in [5.41, 5.74) is 3.63. The fraction of sp³-hybridized carbons (Fsp3) is 0.692. The van der Waals surface area contributed by atoms with Crippen molar-refractivity contribution in [3.05, 3.63) is 47.6 Å². The van der Waals surface area contributed by atoms with Crippen LogP contribution in [0.4, 0.5) is 0 Å². The number of allylic oxidation sites excluding steroid dienone is 8. The molecule has 4 atom stereocenters. The van der Waals surface area contributed by atoms with Gasteiger partial charge in [-0.15, -0.1) is 0 Å². The van der Waals surface area contributed by atoms with E-state index in [4.69, 9.17) is 0 Å². The maximum Gasteiger partial charge on any atom is 0.00966 e. The van der Waals surface area contributed by atoms with Crippen LogP contribution in [0, 0.1) is 40.4 Å². The smallest absolute Gasteiger partial charge is 0.00966 e. The first-order chi connectivity index (χ1) is 12.3. The number of hydrogen-bond acceptors (Lipinski definition) is 1. The van der Waals surface area contributed by atoms with Crippen molar-refractivity contribution in [3.8, 4) is 0 Å². The molecule has 0 radical (unpaired) electrons. The topological polar surface area (TPSA) is 12.0 Å². The molecule has 0 amide bonds. The first-order valence-corrected chi connectivity index (χ1v) is 10.8. The second kappa shape index (κ2) is 6.76. The Hall–Kier alpha value is -1.08. The maximum absolute atomic E-state index is 3.80. The molecule has 1 saturated carbocycles. The van der Waals surface area contributed by atoms with E-state index < -0.39 is 0 Å². The van der Waals surface area contributed by atoms with E-state index in [1.54, 1.807) is 0 Å². The lowest BCUT2D eigenvalue weighted by Crippen LogP contribution is -2.41. The third-order valence-corrected chi connectivity index (χ3v) is 6.66. The third kappa shape index (κ3) is 4.34. The highest BCUT2D eigenvalue weighted by Crippen LogP contribution is 2.54. The van der Waals surface area contributed by atoms with Crippen LogP contribution in [0.25, 0.3) is 0 Å². The van der Waals surface area contributed by atoms with Gasteiger partial charge in [-0.2, -0.15) is 0 Å². The predicted molar refractivity (Wildman–Crippen MR) is 119 cm³/mol. The van der Waals surface area contributed by atoms with Crippen molar-refractivity contribution in [2.24, 2.45) is 40.4 Å². The average Bonchev–Trinajstić information content (AvgIpc) is 2.83. The minimum atomic E-state index is 0.170. The summed E-state index contributed by atoms with van der Waals surface area (Å²) in [5, 5.41) is 3.80. The highest BCUT2D eigenvalue weighted by atomic mass is 14.9. The first kappa shape index (κ1) is 20.6. The molecule has 0 saturated heterocycles. The molecule has 0 aromatic rings. The lowest BCUT2D eigenvalue weighted by molar-refractivity contribution is 0.306. The third-order valence-electron chi connectivity index (χ3n) is 6.66. The molecule has 3 rings (SSSR count). The van der Waals surface area contributed by atoms with Crippen molar-refractivity contribution >= 4 is 0 Å². The molecule has 0 aliphatic heterocycles. The van der Waals surface area contributed by atoms with Gasteiger partial charge in [0.25, 0.3) is 0 Å². The molecule has 0 spiro atoms. The Labute approximate surface area is 168 Å². The summed E-state index contributed by atoms with van der Waals surface area (Å²) in [5.74, 6) is 3.20. The zero-order valence-electron chi connectivity index (χ0n) is 19.1. The zero-order valence-corrected chi connectivity index (χ0v) is 19.1. The van der Waals surface area contributed by atoms with E-state index in [9.17, 15) is 0 Å². The van der Waals surface area contributed by atoms with E-state index >= 15 is 0 Å². The van der Waals surface area contributed by atoms with Crippen molar-refractivity contribution in [1.29, 1.82) is 0 Å². The van der Waals surface area contributed by atoms with Gasteiger partial charge in [-0.05, 0) is 78.9 Å². The molecule has 150 valence electrons. The van der Waals surface area contributed by atoms with Gasteiger partial charge in [0.05, 0.1) is 0 Å². The SMILES string of the molecule is CC(C)(C)NCC1C2C=CC(C(C)(C)C)=CC2C2C=C(C(C)(C)C)C=CC21. The van der Waals surface area contributed by atoms with Gasteiger partial charge in [-0.25, -0.2) is 0 Å². The van der Waals surface area contributed by atoms with E-state index in [1.807, 2.05) is 0 Å². The van der Waals surface area contributed by atoms with Crippen molar-refractivity contribution < 1.29 is 0 Å². The van der Waals surface area contributed by atoms with Gasteiger partial charge in [0, 0.05) is 5.54 Å². The summed E-state index contributed by atoms with van der Waals surface area (Å²) in [7, 11) is 0. The number of nitrogens with one attached hydrogen (secondary N) is 1. The van der Waals surface area contributed by atoms with Crippen molar-refractivity contribution in [2.45, 2.75) is 67.9 Å². The van der Waals surface area contributed by atoms with Crippen LogP contribution in [0.5, 0.6) is 0 Å². The Balaban J connectivity index is 1.96. The Morgan fingerprint density at radius 2 is 1.07 bits per heavy atom. The van der Waals surface area contributed by atoms with Gasteiger partial charge in [0.15, 0.2) is 0 Å². The molecule has 0 bridgehead atoms. The largest absolute Gasteiger partial charge is 0.312 e. The van der Waals surface area contributed by atoms with Gasteiger partial charge in [0.2, 0.25) is 0 Å². The number of hydrogen-bond donors (Lipinski definition) is 1. The summed E-state index contributed by atoms with van der Waals surface area (Å²) in [4.78, 5) is 0. The molecule has 3 aliphatic rings. The van der Waals surface area contributed by atoms with Gasteiger partial charge in [0.1, 0.15) is 0 Å². The maximum atomic E-state index is 3.80. The van der Waals surface area contributed by atoms with Crippen LogP contribution in [-0.4, -0.2) is 12.1 Å². The quantitative estimate of drug-likeness (QED) is 0.583. The minimum absolute atomic E-state index is 0.170. The van der Waals surface area contributed by atoms with Crippen molar-refractivity contribution in [3.63, 3.8) is 0 Å². The zero-order chi connectivity index (χ0) is 20.2. The molecule has 1 N–H and O–H groups in total. The molecule has 0 aromatic heterocycles. The monoisotopic (exact) mass is 367 g/mol. The fourth-order valence-corrected chi connectivity index (χ4v) is 4.98. The van der Waals surface area contributed by atoms with Gasteiger partial charge >= 0.3 is 0 Å². The number of fused-ring (bicyclic) bond motifs is 3. The lowest BCUT2D eigenvalue weighted by atomic mass is 9.73. The summed E-state index contributed by atoms with van der Waals surface area (Å²) in [6.45, 7) is 22.0. The molecule has 0 heterocycles. The average molecular weight is 368 g/mol. The lowest BCUT2D eigenvalue weighted by Gasteiger charge is -2.32. The van der Waals surface area contributed by atoms with Crippen LogP contribution in [0.1, 0.15) is 62.3 Å². The molecule has 4 unspecified atom stereocenters. The fourth-order valence-electron chi connectivity index (χ4n) is 4.98. The van der Waals surface area contributed by atoms with Gasteiger partial charge in [-0.1, -0.05) is 78.0 Å². The summed E-state index contributed by atoms with van der Waals surface area (Å²) >= 11 is 0. The highest BCUT2D eigenvalue weighted by molar-refractivity contribution is 5.39. The molecule has 27 heavy (non-hydrogen) atoms. The van der Waals surface area contributed by atoms with Crippen LogP contribution in [0.3, 0.4) is 0 Å². The Morgan fingerprint density at radius 3 is 1.41 bits per heavy atom. The molecule has 0 aromatic carbocycles.